The largest absolute Gasteiger partial charge is 0.461 e. The molecule has 24 heavy (non-hydrogen) atoms. The van der Waals surface area contributed by atoms with Gasteiger partial charge in [-0.3, -0.25) is 0 Å². The number of para-hydroxylation sites is 1. The second-order valence-corrected chi connectivity index (χ2v) is 6.69. The first-order valence-electron chi connectivity index (χ1n) is 8.36. The Bertz CT molecular complexity index is 617. The molecule has 2 fully saturated rings. The van der Waals surface area contributed by atoms with Gasteiger partial charge in [0.05, 0.1) is 18.8 Å². The van der Waals surface area contributed by atoms with Crippen LogP contribution in [0.25, 0.3) is 0 Å². The maximum Gasteiger partial charge on any atom is 0.230 e. The molecule has 4 rings (SSSR count). The van der Waals surface area contributed by atoms with E-state index in [-0.39, 0.29) is 17.9 Å². The summed E-state index contributed by atoms with van der Waals surface area (Å²) < 4.78 is 16.6. The van der Waals surface area contributed by atoms with E-state index in [1.807, 2.05) is 24.3 Å². The van der Waals surface area contributed by atoms with Crippen molar-refractivity contribution in [2.75, 3.05) is 0 Å². The molecule has 2 heterocycles. The highest BCUT2D eigenvalue weighted by Gasteiger charge is 2.47. The molecule has 0 radical (unpaired) electrons. The van der Waals surface area contributed by atoms with Gasteiger partial charge >= 0.3 is 0 Å². The van der Waals surface area contributed by atoms with Crippen LogP contribution in [0.15, 0.2) is 36.4 Å². The summed E-state index contributed by atoms with van der Waals surface area (Å²) in [5.74, 6) is 0.652. The lowest BCUT2D eigenvalue weighted by Crippen LogP contribution is -2.36. The monoisotopic (exact) mass is 334 g/mol. The van der Waals surface area contributed by atoms with E-state index in [0.29, 0.717) is 19.4 Å². The average molecular weight is 334 g/mol. The van der Waals surface area contributed by atoms with Crippen LogP contribution in [-0.2, 0) is 16.1 Å². The van der Waals surface area contributed by atoms with Crippen LogP contribution in [0.3, 0.4) is 0 Å². The van der Waals surface area contributed by atoms with Crippen molar-refractivity contribution in [3.05, 3.63) is 42.0 Å². The van der Waals surface area contributed by atoms with Crippen LogP contribution < -0.4 is 4.74 Å². The third-order valence-electron chi connectivity index (χ3n) is 5.12. The Morgan fingerprint density at radius 1 is 1.17 bits per heavy atom. The topological polar surface area (TPSA) is 88.4 Å². The molecule has 3 aliphatic rings. The fourth-order valence-electron chi connectivity index (χ4n) is 3.90. The Kier molecular flexibility index (Phi) is 4.32. The summed E-state index contributed by atoms with van der Waals surface area (Å²) >= 11 is 0. The fraction of sp³-hybridized carbons (Fsp3) is 0.556. The predicted molar refractivity (Wildman–Crippen MR) is 83.9 cm³/mol. The molecule has 0 spiro atoms. The summed E-state index contributed by atoms with van der Waals surface area (Å²) in [5.41, 5.74) is 0.955. The Hall–Kier alpha value is -1.44. The van der Waals surface area contributed by atoms with E-state index in [2.05, 4.69) is 0 Å². The van der Waals surface area contributed by atoms with Crippen LogP contribution in [0, 0.1) is 11.8 Å². The Morgan fingerprint density at radius 3 is 2.88 bits per heavy atom. The molecule has 1 saturated heterocycles. The number of rotatable bonds is 3. The normalized spacial score (nSPS) is 39.5. The average Bonchev–Trinajstić information content (AvgIpc) is 3.07. The molecule has 1 aromatic rings. The summed E-state index contributed by atoms with van der Waals surface area (Å²) in [7, 11) is 0. The van der Waals surface area contributed by atoms with E-state index in [4.69, 9.17) is 14.2 Å². The van der Waals surface area contributed by atoms with Gasteiger partial charge in [0.15, 0.2) is 6.29 Å². The molecule has 1 unspecified atom stereocenters. The van der Waals surface area contributed by atoms with Gasteiger partial charge in [-0.1, -0.05) is 30.4 Å². The van der Waals surface area contributed by atoms with Gasteiger partial charge in [0.25, 0.3) is 0 Å². The van der Waals surface area contributed by atoms with Crippen molar-refractivity contribution in [2.45, 2.75) is 50.3 Å². The van der Waals surface area contributed by atoms with Crippen molar-refractivity contribution in [3.63, 3.8) is 0 Å². The molecular weight excluding hydrogens is 312 g/mol. The van der Waals surface area contributed by atoms with Crippen LogP contribution >= 0.6 is 0 Å². The van der Waals surface area contributed by atoms with Gasteiger partial charge < -0.3 is 29.5 Å². The van der Waals surface area contributed by atoms with Gasteiger partial charge in [-0.25, -0.2) is 0 Å². The molecule has 7 atom stereocenters. The minimum atomic E-state index is -0.933. The summed E-state index contributed by atoms with van der Waals surface area (Å²) in [6.45, 7) is 0.391. The highest BCUT2D eigenvalue weighted by molar-refractivity contribution is 5.33. The number of benzene rings is 1. The van der Waals surface area contributed by atoms with Crippen LogP contribution in [0.4, 0.5) is 0 Å². The second-order valence-electron chi connectivity index (χ2n) is 6.69. The molecule has 2 aliphatic heterocycles. The van der Waals surface area contributed by atoms with Crippen molar-refractivity contribution >= 4 is 0 Å². The van der Waals surface area contributed by atoms with Gasteiger partial charge in [-0.05, 0) is 12.0 Å². The number of fused-ring (bicyclic) bond motifs is 2. The van der Waals surface area contributed by atoms with Crippen LogP contribution in [0.2, 0.25) is 0 Å². The molecule has 1 saturated carbocycles. The third kappa shape index (κ3) is 2.96. The van der Waals surface area contributed by atoms with Gasteiger partial charge in [-0.2, -0.15) is 0 Å². The molecule has 3 N–H and O–H groups in total. The van der Waals surface area contributed by atoms with Crippen molar-refractivity contribution in [2.24, 2.45) is 11.8 Å². The smallest absolute Gasteiger partial charge is 0.230 e. The van der Waals surface area contributed by atoms with E-state index in [9.17, 15) is 15.3 Å². The lowest BCUT2D eigenvalue weighted by atomic mass is 9.91. The Labute approximate surface area is 140 Å². The molecule has 0 aromatic heterocycles. The zero-order valence-electron chi connectivity index (χ0n) is 13.2. The van der Waals surface area contributed by atoms with Crippen molar-refractivity contribution in [1.29, 1.82) is 0 Å². The van der Waals surface area contributed by atoms with Crippen LogP contribution in [0.1, 0.15) is 18.4 Å². The first kappa shape index (κ1) is 16.1. The molecular formula is C18H22O6. The minimum Gasteiger partial charge on any atom is -0.461 e. The lowest BCUT2D eigenvalue weighted by Gasteiger charge is -2.28. The van der Waals surface area contributed by atoms with E-state index < -0.39 is 24.8 Å². The quantitative estimate of drug-likeness (QED) is 0.713. The maximum atomic E-state index is 10.3. The third-order valence-corrected chi connectivity index (χ3v) is 5.12. The SMILES string of the molecule is OC1C[C@@H]2[C@@H](/C=C/[C@@H](O)[C@@H]3OCc4ccccc4O3)[C@H](O)C[C@@H]2O1. The zero-order chi connectivity index (χ0) is 16.7. The van der Waals surface area contributed by atoms with E-state index in [1.165, 1.54) is 0 Å². The van der Waals surface area contributed by atoms with Crippen LogP contribution in [0.5, 0.6) is 5.75 Å². The van der Waals surface area contributed by atoms with Gasteiger partial charge in [0.2, 0.25) is 6.29 Å². The number of ether oxygens (including phenoxy) is 3. The molecule has 6 nitrogen and oxygen atoms in total. The van der Waals surface area contributed by atoms with Crippen molar-refractivity contribution in [3.8, 4) is 5.75 Å². The summed E-state index contributed by atoms with van der Waals surface area (Å²) in [6.07, 6.45) is 1.34. The number of aliphatic hydroxyl groups excluding tert-OH is 3. The Balaban J connectivity index is 1.41. The van der Waals surface area contributed by atoms with Crippen molar-refractivity contribution < 1.29 is 29.5 Å². The van der Waals surface area contributed by atoms with Gasteiger partial charge in [0, 0.05) is 24.3 Å². The number of aliphatic hydroxyl groups is 3. The fourth-order valence-corrected chi connectivity index (χ4v) is 3.90. The first-order valence-corrected chi connectivity index (χ1v) is 8.36. The first-order chi connectivity index (χ1) is 11.6. The molecule has 1 aliphatic carbocycles. The van der Waals surface area contributed by atoms with Gasteiger partial charge in [-0.15, -0.1) is 0 Å². The highest BCUT2D eigenvalue weighted by atomic mass is 16.7. The summed E-state index contributed by atoms with van der Waals surface area (Å²) in [6, 6.07) is 7.57. The second kappa shape index (κ2) is 6.46. The van der Waals surface area contributed by atoms with E-state index >= 15 is 0 Å². The molecule has 130 valence electrons. The standard InChI is InChI=1S/C18H22O6/c19-13(18-22-9-10-3-1-2-4-15(10)24-18)6-5-11-12-7-17(21)23-16(12)8-14(11)20/h1-6,11-14,16-21H,7-9H2/b6-5+/t11-,12-,13-,14-,16+,17?,18-/m1/s1. The summed E-state index contributed by atoms with van der Waals surface area (Å²) in [5, 5.41) is 30.1. The maximum absolute atomic E-state index is 10.3. The molecule has 0 amide bonds. The van der Waals surface area contributed by atoms with E-state index in [1.54, 1.807) is 12.2 Å². The zero-order valence-corrected chi connectivity index (χ0v) is 13.2. The van der Waals surface area contributed by atoms with Crippen molar-refractivity contribution in [1.82, 2.24) is 0 Å². The predicted octanol–water partition coefficient (Wildman–Crippen LogP) is 0.943. The molecule has 0 bridgehead atoms. The van der Waals surface area contributed by atoms with Crippen LogP contribution in [-0.4, -0.2) is 46.2 Å². The minimum absolute atomic E-state index is 0.0763. The lowest BCUT2D eigenvalue weighted by molar-refractivity contribution is -0.152. The molecule has 1 aromatic carbocycles. The van der Waals surface area contributed by atoms with E-state index in [0.717, 1.165) is 11.3 Å². The number of hydrogen-bond acceptors (Lipinski definition) is 6. The molecule has 6 heteroatoms. The summed E-state index contributed by atoms with van der Waals surface area (Å²) in [4.78, 5) is 0. The Morgan fingerprint density at radius 2 is 2.00 bits per heavy atom. The highest BCUT2D eigenvalue weighted by Crippen LogP contribution is 2.43. The number of hydrogen-bond donors (Lipinski definition) is 3. The van der Waals surface area contributed by atoms with Gasteiger partial charge in [0.1, 0.15) is 11.9 Å².